The van der Waals surface area contributed by atoms with Crippen molar-refractivity contribution in [2.75, 3.05) is 13.2 Å². The number of rotatable bonds is 6. The molecular formula is C9H16ClF3O. The van der Waals surface area contributed by atoms with Crippen molar-refractivity contribution in [2.45, 2.75) is 38.2 Å². The van der Waals surface area contributed by atoms with Crippen LogP contribution in [0.3, 0.4) is 0 Å². The van der Waals surface area contributed by atoms with E-state index in [-0.39, 0.29) is 17.9 Å². The number of halogens is 4. The van der Waals surface area contributed by atoms with E-state index in [2.05, 4.69) is 4.74 Å². The molecular weight excluding hydrogens is 217 g/mol. The number of alkyl halides is 4. The summed E-state index contributed by atoms with van der Waals surface area (Å²) in [5.41, 5.74) is 0. The Morgan fingerprint density at radius 2 is 1.93 bits per heavy atom. The molecule has 5 heteroatoms. The maximum Gasteiger partial charge on any atom is 0.411 e. The molecule has 0 aromatic rings. The fraction of sp³-hybridized carbons (Fsp3) is 1.00. The molecule has 0 spiro atoms. The molecule has 14 heavy (non-hydrogen) atoms. The highest BCUT2D eigenvalue weighted by molar-refractivity contribution is 6.20. The first-order chi connectivity index (χ1) is 6.37. The summed E-state index contributed by atoms with van der Waals surface area (Å²) in [7, 11) is 0. The minimum absolute atomic E-state index is 0.0190. The second-order valence-corrected chi connectivity index (χ2v) is 3.99. The van der Waals surface area contributed by atoms with Crippen LogP contribution in [0.25, 0.3) is 0 Å². The normalized spacial score (nSPS) is 16.7. The highest BCUT2D eigenvalue weighted by Crippen LogP contribution is 2.19. The number of ether oxygens (including phenoxy) is 1. The van der Waals surface area contributed by atoms with Gasteiger partial charge in [-0.2, -0.15) is 13.2 Å². The van der Waals surface area contributed by atoms with Crippen LogP contribution in [-0.2, 0) is 4.74 Å². The Morgan fingerprint density at radius 3 is 2.29 bits per heavy atom. The molecule has 2 atom stereocenters. The van der Waals surface area contributed by atoms with Gasteiger partial charge < -0.3 is 4.74 Å². The third kappa shape index (κ3) is 7.44. The minimum atomic E-state index is -4.23. The molecule has 0 heterocycles. The Bertz CT molecular complexity index is 147. The van der Waals surface area contributed by atoms with Crippen LogP contribution in [0.5, 0.6) is 0 Å². The van der Waals surface area contributed by atoms with E-state index in [1.54, 1.807) is 0 Å². The average molecular weight is 233 g/mol. The molecule has 0 saturated heterocycles. The first-order valence-electron chi connectivity index (χ1n) is 4.65. The molecule has 86 valence electrons. The maximum atomic E-state index is 11.7. The standard InChI is InChI=1S/C9H16ClF3O/c1-3-8(7(2)10)4-5-14-6-9(11,12)13/h7-8H,3-6H2,1-2H3. The van der Waals surface area contributed by atoms with E-state index in [1.807, 2.05) is 13.8 Å². The predicted molar refractivity (Wildman–Crippen MR) is 50.6 cm³/mol. The van der Waals surface area contributed by atoms with E-state index in [9.17, 15) is 13.2 Å². The van der Waals surface area contributed by atoms with Gasteiger partial charge in [-0.05, 0) is 19.3 Å². The van der Waals surface area contributed by atoms with Gasteiger partial charge in [0.15, 0.2) is 0 Å². The fourth-order valence-corrected chi connectivity index (χ4v) is 1.49. The molecule has 1 nitrogen and oxygen atoms in total. The Hall–Kier alpha value is 0.0400. The molecule has 0 amide bonds. The third-order valence-corrected chi connectivity index (χ3v) is 2.43. The molecule has 2 unspecified atom stereocenters. The van der Waals surface area contributed by atoms with Gasteiger partial charge in [0.05, 0.1) is 0 Å². The largest absolute Gasteiger partial charge is 0.411 e. The second-order valence-electron chi connectivity index (χ2n) is 3.30. The predicted octanol–water partition coefficient (Wildman–Crippen LogP) is 3.61. The minimum Gasteiger partial charge on any atom is -0.372 e. The molecule has 0 bridgehead atoms. The van der Waals surface area contributed by atoms with Crippen molar-refractivity contribution in [3.05, 3.63) is 0 Å². The molecule has 0 aliphatic carbocycles. The van der Waals surface area contributed by atoms with E-state index in [1.165, 1.54) is 0 Å². The van der Waals surface area contributed by atoms with Gasteiger partial charge in [-0.1, -0.05) is 13.3 Å². The van der Waals surface area contributed by atoms with E-state index in [0.717, 1.165) is 6.42 Å². The van der Waals surface area contributed by atoms with Crippen molar-refractivity contribution in [1.82, 2.24) is 0 Å². The van der Waals surface area contributed by atoms with Crippen LogP contribution in [0.4, 0.5) is 13.2 Å². The zero-order valence-electron chi connectivity index (χ0n) is 8.40. The lowest BCUT2D eigenvalue weighted by molar-refractivity contribution is -0.174. The maximum absolute atomic E-state index is 11.7. The lowest BCUT2D eigenvalue weighted by atomic mass is 10.00. The lowest BCUT2D eigenvalue weighted by Crippen LogP contribution is -2.19. The van der Waals surface area contributed by atoms with Crippen LogP contribution in [0.15, 0.2) is 0 Å². The Kier molecular flexibility index (Phi) is 6.53. The number of hydrogen-bond donors (Lipinski definition) is 0. The molecule has 0 radical (unpaired) electrons. The summed E-state index contributed by atoms with van der Waals surface area (Å²) < 4.78 is 39.5. The monoisotopic (exact) mass is 232 g/mol. The van der Waals surface area contributed by atoms with Crippen LogP contribution in [0, 0.1) is 5.92 Å². The van der Waals surface area contributed by atoms with E-state index in [0.29, 0.717) is 6.42 Å². The smallest absolute Gasteiger partial charge is 0.372 e. The summed E-state index contributed by atoms with van der Waals surface area (Å²) in [6.45, 7) is 2.77. The van der Waals surface area contributed by atoms with Crippen molar-refractivity contribution < 1.29 is 17.9 Å². The first kappa shape index (κ1) is 14.0. The van der Waals surface area contributed by atoms with Gasteiger partial charge in [-0.25, -0.2) is 0 Å². The summed E-state index contributed by atoms with van der Waals surface area (Å²) >= 11 is 5.83. The zero-order valence-corrected chi connectivity index (χ0v) is 9.16. The Balaban J connectivity index is 3.52. The van der Waals surface area contributed by atoms with E-state index in [4.69, 9.17) is 11.6 Å². The van der Waals surface area contributed by atoms with Crippen molar-refractivity contribution in [2.24, 2.45) is 5.92 Å². The van der Waals surface area contributed by atoms with Crippen LogP contribution in [0.2, 0.25) is 0 Å². The van der Waals surface area contributed by atoms with Crippen LogP contribution >= 0.6 is 11.6 Å². The molecule has 0 N–H and O–H groups in total. The van der Waals surface area contributed by atoms with E-state index < -0.39 is 12.8 Å². The Labute approximate surface area is 87.6 Å². The van der Waals surface area contributed by atoms with Gasteiger partial charge in [0.25, 0.3) is 0 Å². The van der Waals surface area contributed by atoms with Crippen molar-refractivity contribution in [3.63, 3.8) is 0 Å². The van der Waals surface area contributed by atoms with Gasteiger partial charge in [0.1, 0.15) is 6.61 Å². The average Bonchev–Trinajstić information content (AvgIpc) is 2.01. The molecule has 0 saturated carbocycles. The quantitative estimate of drug-likeness (QED) is 0.502. The molecule has 0 aliphatic rings. The van der Waals surface area contributed by atoms with Crippen molar-refractivity contribution in [3.8, 4) is 0 Å². The molecule has 0 fully saturated rings. The summed E-state index contributed by atoms with van der Waals surface area (Å²) in [5, 5.41) is -0.0190. The Morgan fingerprint density at radius 1 is 1.36 bits per heavy atom. The highest BCUT2D eigenvalue weighted by atomic mass is 35.5. The molecule has 0 aromatic heterocycles. The van der Waals surface area contributed by atoms with Gasteiger partial charge in [0.2, 0.25) is 0 Å². The lowest BCUT2D eigenvalue weighted by Gasteiger charge is -2.17. The van der Waals surface area contributed by atoms with Gasteiger partial charge >= 0.3 is 6.18 Å². The van der Waals surface area contributed by atoms with Gasteiger partial charge in [-0.15, -0.1) is 11.6 Å². The second kappa shape index (κ2) is 6.51. The van der Waals surface area contributed by atoms with Crippen LogP contribution in [-0.4, -0.2) is 24.8 Å². The van der Waals surface area contributed by atoms with Crippen LogP contribution < -0.4 is 0 Å². The van der Waals surface area contributed by atoms with Crippen LogP contribution in [0.1, 0.15) is 26.7 Å². The summed E-state index contributed by atoms with van der Waals surface area (Å²) in [6, 6.07) is 0. The van der Waals surface area contributed by atoms with Gasteiger partial charge in [0, 0.05) is 12.0 Å². The molecule has 0 rings (SSSR count). The van der Waals surface area contributed by atoms with Crippen molar-refractivity contribution >= 4 is 11.6 Å². The van der Waals surface area contributed by atoms with Crippen molar-refractivity contribution in [1.29, 1.82) is 0 Å². The van der Waals surface area contributed by atoms with Gasteiger partial charge in [-0.3, -0.25) is 0 Å². The SMILES string of the molecule is CCC(CCOCC(F)(F)F)C(C)Cl. The highest BCUT2D eigenvalue weighted by Gasteiger charge is 2.27. The zero-order chi connectivity index (χ0) is 11.2. The summed E-state index contributed by atoms with van der Waals surface area (Å²) in [5.74, 6) is 0.227. The molecule has 0 aromatic carbocycles. The third-order valence-electron chi connectivity index (χ3n) is 2.07. The fourth-order valence-electron chi connectivity index (χ4n) is 1.18. The first-order valence-corrected chi connectivity index (χ1v) is 5.09. The summed E-state index contributed by atoms with van der Waals surface area (Å²) in [6.07, 6.45) is -2.79. The summed E-state index contributed by atoms with van der Waals surface area (Å²) in [4.78, 5) is 0. The van der Waals surface area contributed by atoms with E-state index >= 15 is 0 Å². The number of hydrogen-bond acceptors (Lipinski definition) is 1. The topological polar surface area (TPSA) is 9.23 Å². The molecule has 0 aliphatic heterocycles.